The molecule has 164 valence electrons. The van der Waals surface area contributed by atoms with E-state index >= 15 is 0 Å². The highest BCUT2D eigenvalue weighted by Crippen LogP contribution is 2.17. The molecule has 0 atom stereocenters. The van der Waals surface area contributed by atoms with E-state index in [1.54, 1.807) is 36.4 Å². The Balaban J connectivity index is 1.62. The molecule has 3 rings (SSSR count). The van der Waals surface area contributed by atoms with Gasteiger partial charge < -0.3 is 20.7 Å². The highest BCUT2D eigenvalue weighted by molar-refractivity contribution is 6.40. The molecule has 0 saturated carbocycles. The van der Waals surface area contributed by atoms with Crippen LogP contribution in [0.25, 0.3) is 0 Å². The fourth-order valence-corrected chi connectivity index (χ4v) is 3.15. The fraction of sp³-hybridized carbons (Fsp3) is 0.160. The Kier molecular flexibility index (Phi) is 7.59. The van der Waals surface area contributed by atoms with E-state index in [0.29, 0.717) is 12.3 Å². The molecule has 7 nitrogen and oxygen atoms in total. The number of hydrogen-bond acceptors (Lipinski definition) is 4. The summed E-state index contributed by atoms with van der Waals surface area (Å²) in [7, 11) is 1.54. The summed E-state index contributed by atoms with van der Waals surface area (Å²) < 4.78 is 5.24. The van der Waals surface area contributed by atoms with Crippen LogP contribution < -0.4 is 20.7 Å². The molecule has 0 heterocycles. The topological polar surface area (TPSA) is 96.5 Å². The first-order chi connectivity index (χ1) is 15.5. The van der Waals surface area contributed by atoms with Crippen LogP contribution in [0.3, 0.4) is 0 Å². The molecule has 3 amide bonds. The molecule has 7 heteroatoms. The van der Waals surface area contributed by atoms with Gasteiger partial charge in [0.2, 0.25) is 0 Å². The largest absolute Gasteiger partial charge is 0.496 e. The summed E-state index contributed by atoms with van der Waals surface area (Å²) in [5, 5.41) is 7.94. The lowest BCUT2D eigenvalue weighted by Gasteiger charge is -2.13. The molecule has 0 aliphatic rings. The minimum Gasteiger partial charge on any atom is -0.496 e. The van der Waals surface area contributed by atoms with Crippen LogP contribution in [0, 0.1) is 6.92 Å². The zero-order chi connectivity index (χ0) is 22.9. The third-order valence-electron chi connectivity index (χ3n) is 4.96. The number of amides is 3. The molecule has 0 saturated heterocycles. The monoisotopic (exact) mass is 431 g/mol. The normalized spacial score (nSPS) is 10.2. The number of benzene rings is 3. The number of anilines is 1. The molecule has 0 aliphatic heterocycles. The van der Waals surface area contributed by atoms with Gasteiger partial charge >= 0.3 is 11.8 Å². The van der Waals surface area contributed by atoms with Gasteiger partial charge in [-0.25, -0.2) is 0 Å². The van der Waals surface area contributed by atoms with Crippen molar-refractivity contribution >= 4 is 23.4 Å². The molecule has 0 radical (unpaired) electrons. The molecule has 0 bridgehead atoms. The van der Waals surface area contributed by atoms with Crippen molar-refractivity contribution < 1.29 is 19.1 Å². The molecule has 3 aromatic rings. The van der Waals surface area contributed by atoms with Crippen LogP contribution in [0.4, 0.5) is 5.69 Å². The van der Waals surface area contributed by atoms with E-state index in [9.17, 15) is 14.4 Å². The Morgan fingerprint density at radius 3 is 2.12 bits per heavy atom. The van der Waals surface area contributed by atoms with E-state index in [1.807, 2.05) is 43.3 Å². The number of aryl methyl sites for hydroxylation is 1. The molecular weight excluding hydrogens is 406 g/mol. The van der Waals surface area contributed by atoms with Gasteiger partial charge in [-0.2, -0.15) is 0 Å². The van der Waals surface area contributed by atoms with Crippen molar-refractivity contribution in [2.45, 2.75) is 20.0 Å². The van der Waals surface area contributed by atoms with Gasteiger partial charge in [0.15, 0.2) is 0 Å². The van der Waals surface area contributed by atoms with E-state index < -0.39 is 11.8 Å². The molecule has 0 aliphatic carbocycles. The minimum absolute atomic E-state index is 0.134. The maximum Gasteiger partial charge on any atom is 0.313 e. The van der Waals surface area contributed by atoms with Gasteiger partial charge in [-0.1, -0.05) is 54.6 Å². The third kappa shape index (κ3) is 5.72. The predicted molar refractivity (Wildman–Crippen MR) is 122 cm³/mol. The van der Waals surface area contributed by atoms with Crippen molar-refractivity contribution in [1.82, 2.24) is 10.6 Å². The number of carbonyl (C=O) groups is 3. The van der Waals surface area contributed by atoms with E-state index in [1.165, 1.54) is 7.11 Å². The van der Waals surface area contributed by atoms with E-state index in [0.717, 1.165) is 16.7 Å². The van der Waals surface area contributed by atoms with Crippen LogP contribution in [0.2, 0.25) is 0 Å². The summed E-state index contributed by atoms with van der Waals surface area (Å²) >= 11 is 0. The summed E-state index contributed by atoms with van der Waals surface area (Å²) in [5.41, 5.74) is 3.34. The number of carbonyl (C=O) groups excluding carboxylic acids is 3. The number of methoxy groups -OCH3 is 1. The molecule has 32 heavy (non-hydrogen) atoms. The number of hydrogen-bond donors (Lipinski definition) is 3. The van der Waals surface area contributed by atoms with Gasteiger partial charge in [0.25, 0.3) is 5.91 Å². The average molecular weight is 431 g/mol. The Labute approximate surface area is 186 Å². The van der Waals surface area contributed by atoms with Crippen molar-refractivity contribution in [3.05, 3.63) is 95.1 Å². The second-order valence-corrected chi connectivity index (χ2v) is 7.10. The zero-order valence-electron chi connectivity index (χ0n) is 18.0. The van der Waals surface area contributed by atoms with Crippen LogP contribution in [0.1, 0.15) is 27.0 Å². The quantitative estimate of drug-likeness (QED) is 0.501. The second-order valence-electron chi connectivity index (χ2n) is 7.10. The molecule has 3 N–H and O–H groups in total. The third-order valence-corrected chi connectivity index (χ3v) is 4.96. The van der Waals surface area contributed by atoms with Crippen LogP contribution in [0.5, 0.6) is 5.75 Å². The fourth-order valence-electron chi connectivity index (χ4n) is 3.15. The first kappa shape index (κ1) is 22.6. The zero-order valence-corrected chi connectivity index (χ0v) is 18.0. The van der Waals surface area contributed by atoms with Crippen LogP contribution in [-0.4, -0.2) is 24.8 Å². The van der Waals surface area contributed by atoms with Gasteiger partial charge in [-0.05, 0) is 36.2 Å². The summed E-state index contributed by atoms with van der Waals surface area (Å²) in [6.07, 6.45) is 0. The maximum absolute atomic E-state index is 12.7. The smallest absolute Gasteiger partial charge is 0.313 e. The highest BCUT2D eigenvalue weighted by Gasteiger charge is 2.18. The average Bonchev–Trinajstić information content (AvgIpc) is 2.82. The van der Waals surface area contributed by atoms with Crippen molar-refractivity contribution in [2.75, 3.05) is 12.4 Å². The highest BCUT2D eigenvalue weighted by atomic mass is 16.5. The van der Waals surface area contributed by atoms with Gasteiger partial charge in [0.1, 0.15) is 5.75 Å². The lowest BCUT2D eigenvalue weighted by Crippen LogP contribution is -2.35. The SMILES string of the molecule is COc1ccccc1CNC(=O)C(=O)Nc1ccccc1C(=O)NCc1ccccc1C. The van der Waals surface area contributed by atoms with Gasteiger partial charge in [0, 0.05) is 18.7 Å². The Morgan fingerprint density at radius 2 is 1.38 bits per heavy atom. The van der Waals surface area contributed by atoms with Gasteiger partial charge in [-0.3, -0.25) is 14.4 Å². The summed E-state index contributed by atoms with van der Waals surface area (Å²) in [4.78, 5) is 37.4. The number of nitrogens with one attached hydrogen (secondary N) is 3. The first-order valence-electron chi connectivity index (χ1n) is 10.1. The van der Waals surface area contributed by atoms with Gasteiger partial charge in [-0.15, -0.1) is 0 Å². The molecule has 0 fully saturated rings. The number of rotatable bonds is 7. The molecule has 3 aromatic carbocycles. The van der Waals surface area contributed by atoms with Crippen molar-refractivity contribution in [2.24, 2.45) is 0 Å². The molecule has 0 unspecified atom stereocenters. The van der Waals surface area contributed by atoms with Crippen molar-refractivity contribution in [1.29, 1.82) is 0 Å². The standard InChI is InChI=1S/C25H25N3O4/c1-17-9-3-4-10-18(17)15-26-23(29)20-12-6-7-13-21(20)28-25(31)24(30)27-16-19-11-5-8-14-22(19)32-2/h3-14H,15-16H2,1-2H3,(H,26,29)(H,27,30)(H,28,31). The molecular formula is C25H25N3O4. The Bertz CT molecular complexity index is 1130. The number of para-hydroxylation sites is 2. The van der Waals surface area contributed by atoms with Crippen LogP contribution in [0.15, 0.2) is 72.8 Å². The van der Waals surface area contributed by atoms with Crippen molar-refractivity contribution in [3.63, 3.8) is 0 Å². The predicted octanol–water partition coefficient (Wildman–Crippen LogP) is 3.19. The summed E-state index contributed by atoms with van der Waals surface area (Å²) in [6.45, 7) is 2.46. The second kappa shape index (κ2) is 10.8. The van der Waals surface area contributed by atoms with Gasteiger partial charge in [0.05, 0.1) is 18.4 Å². The van der Waals surface area contributed by atoms with E-state index in [-0.39, 0.29) is 23.7 Å². The summed E-state index contributed by atoms with van der Waals surface area (Å²) in [6, 6.07) is 21.5. The van der Waals surface area contributed by atoms with Crippen molar-refractivity contribution in [3.8, 4) is 5.75 Å². The molecule has 0 aromatic heterocycles. The van der Waals surface area contributed by atoms with Crippen LogP contribution in [-0.2, 0) is 22.7 Å². The lowest BCUT2D eigenvalue weighted by molar-refractivity contribution is -0.136. The van der Waals surface area contributed by atoms with E-state index in [4.69, 9.17) is 4.74 Å². The first-order valence-corrected chi connectivity index (χ1v) is 10.1. The lowest BCUT2D eigenvalue weighted by atomic mass is 10.1. The minimum atomic E-state index is -0.862. The maximum atomic E-state index is 12.7. The van der Waals surface area contributed by atoms with E-state index in [2.05, 4.69) is 16.0 Å². The Morgan fingerprint density at radius 1 is 0.750 bits per heavy atom. The Hall–Kier alpha value is -4.13. The number of ether oxygens (including phenoxy) is 1. The van der Waals surface area contributed by atoms with Crippen LogP contribution >= 0.6 is 0 Å². The molecule has 0 spiro atoms. The summed E-state index contributed by atoms with van der Waals surface area (Å²) in [5.74, 6) is -1.41.